The summed E-state index contributed by atoms with van der Waals surface area (Å²) in [6.45, 7) is 4.88. The lowest BCUT2D eigenvalue weighted by Crippen LogP contribution is -2.12. The molecule has 1 aromatic carbocycles. The Labute approximate surface area is 85.6 Å². The van der Waals surface area contributed by atoms with Crippen LogP contribution in [0.25, 0.3) is 5.57 Å². The maximum Gasteiger partial charge on any atom is 0.191 e. The second-order valence-electron chi connectivity index (χ2n) is 4.00. The largest absolute Gasteiger partial charge is 0.279 e. The molecule has 0 fully saturated rings. The number of aryl methyl sites for hydroxylation is 1. The van der Waals surface area contributed by atoms with Crippen LogP contribution in [0.3, 0.4) is 0 Å². The van der Waals surface area contributed by atoms with Gasteiger partial charge in [0.25, 0.3) is 0 Å². The molecule has 0 spiro atoms. The van der Waals surface area contributed by atoms with Crippen molar-refractivity contribution in [1.29, 1.82) is 0 Å². The molecule has 1 aliphatic rings. The Kier molecular flexibility index (Phi) is 2.53. The zero-order valence-electron chi connectivity index (χ0n) is 8.70. The van der Waals surface area contributed by atoms with Gasteiger partial charge in [-0.25, -0.2) is 0 Å². The standard InChI is InChI=1S/C12H14BN/c1-10-3-5-11(6-4-10)12-7-13(2)9-14-8-12/h3-6,8-9H,7H2,1-2H3. The van der Waals surface area contributed by atoms with Crippen LogP contribution in [0.4, 0.5) is 0 Å². The van der Waals surface area contributed by atoms with Gasteiger partial charge in [-0.15, -0.1) is 0 Å². The molecule has 0 atom stereocenters. The highest BCUT2D eigenvalue weighted by molar-refractivity contribution is 6.85. The molecular weight excluding hydrogens is 169 g/mol. The van der Waals surface area contributed by atoms with E-state index in [0.29, 0.717) is 6.71 Å². The van der Waals surface area contributed by atoms with Crippen LogP contribution in [-0.2, 0) is 0 Å². The fourth-order valence-corrected chi connectivity index (χ4v) is 1.69. The van der Waals surface area contributed by atoms with Crippen LogP contribution in [0.5, 0.6) is 0 Å². The number of hydrogen-bond donors (Lipinski definition) is 0. The molecule has 14 heavy (non-hydrogen) atoms. The van der Waals surface area contributed by atoms with E-state index < -0.39 is 0 Å². The summed E-state index contributed by atoms with van der Waals surface area (Å²) in [6.07, 6.45) is 5.09. The van der Waals surface area contributed by atoms with Gasteiger partial charge in [0, 0.05) is 6.20 Å². The summed E-state index contributed by atoms with van der Waals surface area (Å²) in [5, 5.41) is 0. The molecular formula is C12H14BN. The van der Waals surface area contributed by atoms with Gasteiger partial charge in [-0.05, 0) is 30.5 Å². The molecule has 0 aliphatic carbocycles. The van der Waals surface area contributed by atoms with E-state index in [4.69, 9.17) is 0 Å². The third-order valence-corrected chi connectivity index (χ3v) is 2.54. The quantitative estimate of drug-likeness (QED) is 0.593. The van der Waals surface area contributed by atoms with Crippen LogP contribution in [0, 0.1) is 6.92 Å². The van der Waals surface area contributed by atoms with Gasteiger partial charge < -0.3 is 0 Å². The molecule has 0 amide bonds. The van der Waals surface area contributed by atoms with E-state index in [1.165, 1.54) is 16.7 Å². The van der Waals surface area contributed by atoms with Gasteiger partial charge in [0.15, 0.2) is 6.71 Å². The second kappa shape index (κ2) is 3.83. The van der Waals surface area contributed by atoms with Crippen molar-refractivity contribution in [3.05, 3.63) is 41.6 Å². The summed E-state index contributed by atoms with van der Waals surface area (Å²) in [5.41, 5.74) is 3.96. The SMILES string of the molecule is CB1C=NC=C(c2ccc(C)cc2)C1. The first-order valence-corrected chi connectivity index (χ1v) is 5.05. The molecule has 0 unspecified atom stereocenters. The molecule has 1 nitrogen and oxygen atoms in total. The minimum Gasteiger partial charge on any atom is -0.279 e. The molecule has 70 valence electrons. The van der Waals surface area contributed by atoms with Gasteiger partial charge in [0.2, 0.25) is 0 Å². The third kappa shape index (κ3) is 1.95. The lowest BCUT2D eigenvalue weighted by atomic mass is 9.48. The molecule has 2 heteroatoms. The zero-order chi connectivity index (χ0) is 9.97. The van der Waals surface area contributed by atoms with Crippen molar-refractivity contribution in [1.82, 2.24) is 0 Å². The molecule has 2 rings (SSSR count). The normalized spacial score (nSPS) is 15.6. The van der Waals surface area contributed by atoms with E-state index >= 15 is 0 Å². The van der Waals surface area contributed by atoms with Gasteiger partial charge >= 0.3 is 0 Å². The number of aliphatic imine (C=N–C) groups is 1. The van der Waals surface area contributed by atoms with Crippen molar-refractivity contribution in [3.8, 4) is 0 Å². The number of rotatable bonds is 1. The summed E-state index contributed by atoms with van der Waals surface area (Å²) in [4.78, 5) is 4.25. The maximum absolute atomic E-state index is 4.25. The molecule has 0 radical (unpaired) electrons. The Morgan fingerprint density at radius 2 is 1.93 bits per heavy atom. The molecule has 1 aromatic rings. The van der Waals surface area contributed by atoms with Crippen LogP contribution >= 0.6 is 0 Å². The number of benzene rings is 1. The van der Waals surface area contributed by atoms with Crippen molar-refractivity contribution < 1.29 is 0 Å². The molecule has 0 saturated heterocycles. The summed E-state index contributed by atoms with van der Waals surface area (Å²) in [7, 11) is 0. The van der Waals surface area contributed by atoms with E-state index in [1.54, 1.807) is 0 Å². The lowest BCUT2D eigenvalue weighted by Gasteiger charge is -2.11. The van der Waals surface area contributed by atoms with E-state index in [2.05, 4.69) is 43.0 Å². The first-order valence-electron chi connectivity index (χ1n) is 5.05. The van der Waals surface area contributed by atoms with Gasteiger partial charge in [-0.2, -0.15) is 0 Å². The van der Waals surface area contributed by atoms with E-state index in [9.17, 15) is 0 Å². The number of nitrogens with zero attached hydrogens (tertiary/aromatic N) is 1. The van der Waals surface area contributed by atoms with Crippen molar-refractivity contribution in [3.63, 3.8) is 0 Å². The molecule has 0 saturated carbocycles. The topological polar surface area (TPSA) is 12.4 Å². The molecule has 0 N–H and O–H groups in total. The fourth-order valence-electron chi connectivity index (χ4n) is 1.69. The Morgan fingerprint density at radius 1 is 1.21 bits per heavy atom. The summed E-state index contributed by atoms with van der Waals surface area (Å²) in [6, 6.07) is 8.65. The average Bonchev–Trinajstić information content (AvgIpc) is 2.19. The molecule has 0 aromatic heterocycles. The molecule has 1 heterocycles. The molecule has 0 bridgehead atoms. The van der Waals surface area contributed by atoms with Crippen LogP contribution in [-0.4, -0.2) is 12.8 Å². The highest BCUT2D eigenvalue weighted by Crippen LogP contribution is 2.22. The summed E-state index contributed by atoms with van der Waals surface area (Å²) in [5.74, 6) is 0. The maximum atomic E-state index is 4.25. The van der Waals surface area contributed by atoms with E-state index in [0.717, 1.165) is 6.32 Å². The van der Waals surface area contributed by atoms with E-state index in [-0.39, 0.29) is 0 Å². The first-order chi connectivity index (χ1) is 6.75. The van der Waals surface area contributed by atoms with Crippen molar-refractivity contribution in [2.75, 3.05) is 0 Å². The van der Waals surface area contributed by atoms with Crippen LogP contribution in [0.2, 0.25) is 13.1 Å². The Balaban J connectivity index is 2.27. The Morgan fingerprint density at radius 3 is 2.57 bits per heavy atom. The molecule has 1 aliphatic heterocycles. The summed E-state index contributed by atoms with van der Waals surface area (Å²) < 4.78 is 0. The monoisotopic (exact) mass is 183 g/mol. The minimum absolute atomic E-state index is 0.566. The number of hydrogen-bond acceptors (Lipinski definition) is 1. The Bertz CT molecular complexity index is 376. The first kappa shape index (κ1) is 9.26. The lowest BCUT2D eigenvalue weighted by molar-refractivity contribution is 1.42. The highest BCUT2D eigenvalue weighted by Gasteiger charge is 2.12. The minimum atomic E-state index is 0.566. The van der Waals surface area contributed by atoms with Crippen LogP contribution in [0.15, 0.2) is 35.5 Å². The third-order valence-electron chi connectivity index (χ3n) is 2.54. The van der Waals surface area contributed by atoms with E-state index in [1.807, 2.05) is 12.3 Å². The predicted octanol–water partition coefficient (Wildman–Crippen LogP) is 3.08. The van der Waals surface area contributed by atoms with Gasteiger partial charge in [-0.1, -0.05) is 36.7 Å². The highest BCUT2D eigenvalue weighted by atomic mass is 14.7. The van der Waals surface area contributed by atoms with Crippen LogP contribution < -0.4 is 0 Å². The van der Waals surface area contributed by atoms with Crippen molar-refractivity contribution >= 4 is 18.4 Å². The Hall–Kier alpha value is -1.31. The smallest absolute Gasteiger partial charge is 0.191 e. The predicted molar refractivity (Wildman–Crippen MR) is 64.1 cm³/mol. The summed E-state index contributed by atoms with van der Waals surface area (Å²) >= 11 is 0. The second-order valence-corrected chi connectivity index (χ2v) is 4.00. The number of allylic oxidation sites excluding steroid dienone is 1. The zero-order valence-corrected chi connectivity index (χ0v) is 8.70. The average molecular weight is 183 g/mol. The van der Waals surface area contributed by atoms with Crippen LogP contribution in [0.1, 0.15) is 11.1 Å². The van der Waals surface area contributed by atoms with Gasteiger partial charge in [-0.3, -0.25) is 4.99 Å². The van der Waals surface area contributed by atoms with Gasteiger partial charge in [0.05, 0.1) is 0 Å². The van der Waals surface area contributed by atoms with Gasteiger partial charge in [0.1, 0.15) is 0 Å². The fraction of sp³-hybridized carbons (Fsp3) is 0.250. The van der Waals surface area contributed by atoms with Crippen molar-refractivity contribution in [2.45, 2.75) is 20.1 Å². The van der Waals surface area contributed by atoms with Crippen molar-refractivity contribution in [2.24, 2.45) is 4.99 Å².